The second-order valence-electron chi connectivity index (χ2n) is 4.48. The molecule has 1 aromatic carbocycles. The number of benzene rings is 1. The average molecular weight is 323 g/mol. The molecular formula is C14H12Cl2N4O. The highest BCUT2D eigenvalue weighted by atomic mass is 35.5. The van der Waals surface area contributed by atoms with Gasteiger partial charge in [-0.15, -0.1) is 16.7 Å². The summed E-state index contributed by atoms with van der Waals surface area (Å²) in [5.41, 5.74) is 1.74. The van der Waals surface area contributed by atoms with Gasteiger partial charge < -0.3 is 4.42 Å². The molecule has 0 radical (unpaired) electrons. The molecule has 0 N–H and O–H groups in total. The largest absolute Gasteiger partial charge is 0.439 e. The zero-order valence-corrected chi connectivity index (χ0v) is 12.6. The third kappa shape index (κ3) is 3.43. The summed E-state index contributed by atoms with van der Waals surface area (Å²) in [6.45, 7) is 0.426. The van der Waals surface area contributed by atoms with E-state index in [1.54, 1.807) is 10.9 Å². The van der Waals surface area contributed by atoms with Crippen molar-refractivity contribution in [3.05, 3.63) is 53.3 Å². The fourth-order valence-electron chi connectivity index (χ4n) is 1.92. The molecule has 0 spiro atoms. The van der Waals surface area contributed by atoms with Gasteiger partial charge in [-0.25, -0.2) is 9.67 Å². The van der Waals surface area contributed by atoms with Gasteiger partial charge in [0.05, 0.1) is 11.9 Å². The minimum Gasteiger partial charge on any atom is -0.439 e. The van der Waals surface area contributed by atoms with E-state index < -0.39 is 0 Å². The van der Waals surface area contributed by atoms with Crippen molar-refractivity contribution in [1.29, 1.82) is 0 Å². The predicted octanol–water partition coefficient (Wildman–Crippen LogP) is 3.42. The van der Waals surface area contributed by atoms with Crippen LogP contribution in [0, 0.1) is 0 Å². The van der Waals surface area contributed by atoms with E-state index >= 15 is 0 Å². The average Bonchev–Trinajstić information content (AvgIpc) is 3.10. The smallest absolute Gasteiger partial charge is 0.216 e. The van der Waals surface area contributed by atoms with Crippen LogP contribution in [0.2, 0.25) is 5.02 Å². The Bertz CT molecular complexity index is 738. The van der Waals surface area contributed by atoms with Gasteiger partial charge in [0.2, 0.25) is 5.89 Å². The number of aryl methyl sites for hydroxylation is 1. The molecule has 3 aromatic rings. The van der Waals surface area contributed by atoms with Crippen molar-refractivity contribution in [2.45, 2.75) is 13.0 Å². The fourth-order valence-corrected chi connectivity index (χ4v) is 2.31. The number of aromatic nitrogens is 4. The molecule has 108 valence electrons. The Morgan fingerprint density at radius 1 is 1.29 bits per heavy atom. The summed E-state index contributed by atoms with van der Waals surface area (Å²) in [5.74, 6) is 1.76. The molecule has 2 heterocycles. The van der Waals surface area contributed by atoms with Crippen LogP contribution in [-0.4, -0.2) is 25.9 Å². The van der Waals surface area contributed by atoms with Gasteiger partial charge in [0.1, 0.15) is 6.54 Å². The Morgan fingerprint density at radius 2 is 2.19 bits per heavy atom. The SMILES string of the molecule is ClCCc1cn(Cc2ncc(-c3cccc(Cl)c3)o2)nn1. The number of hydrogen-bond donors (Lipinski definition) is 0. The monoisotopic (exact) mass is 322 g/mol. The number of halogens is 2. The molecule has 7 heteroatoms. The van der Waals surface area contributed by atoms with Crippen LogP contribution in [0.3, 0.4) is 0 Å². The van der Waals surface area contributed by atoms with E-state index in [0.717, 1.165) is 11.3 Å². The molecule has 2 aromatic heterocycles. The Hall–Kier alpha value is -1.85. The van der Waals surface area contributed by atoms with Crippen molar-refractivity contribution in [2.75, 3.05) is 5.88 Å². The van der Waals surface area contributed by atoms with E-state index in [1.807, 2.05) is 30.5 Å². The Balaban J connectivity index is 1.75. The summed E-state index contributed by atoms with van der Waals surface area (Å²) >= 11 is 11.6. The number of hydrogen-bond acceptors (Lipinski definition) is 4. The summed E-state index contributed by atoms with van der Waals surface area (Å²) < 4.78 is 7.39. The van der Waals surface area contributed by atoms with Gasteiger partial charge in [-0.1, -0.05) is 28.9 Å². The van der Waals surface area contributed by atoms with Crippen LogP contribution < -0.4 is 0 Å². The standard InChI is InChI=1S/C14H12Cl2N4O/c15-5-4-12-8-20(19-18-12)9-14-17-7-13(21-14)10-2-1-3-11(16)6-10/h1-3,6-8H,4-5,9H2. The lowest BCUT2D eigenvalue weighted by atomic mass is 10.2. The molecule has 0 atom stereocenters. The molecular weight excluding hydrogens is 311 g/mol. The Kier molecular flexibility index (Phi) is 4.22. The van der Waals surface area contributed by atoms with E-state index in [1.165, 1.54) is 0 Å². The maximum absolute atomic E-state index is 5.97. The molecule has 0 aliphatic carbocycles. The third-order valence-electron chi connectivity index (χ3n) is 2.90. The first-order valence-corrected chi connectivity index (χ1v) is 7.31. The van der Waals surface area contributed by atoms with Gasteiger partial charge in [0.15, 0.2) is 5.76 Å². The van der Waals surface area contributed by atoms with Crippen molar-refractivity contribution in [2.24, 2.45) is 0 Å². The second kappa shape index (κ2) is 6.28. The summed E-state index contributed by atoms with van der Waals surface area (Å²) in [4.78, 5) is 4.25. The van der Waals surface area contributed by atoms with E-state index in [-0.39, 0.29) is 0 Å². The van der Waals surface area contributed by atoms with Crippen molar-refractivity contribution in [3.8, 4) is 11.3 Å². The lowest BCUT2D eigenvalue weighted by Gasteiger charge is -1.97. The van der Waals surface area contributed by atoms with Crippen molar-refractivity contribution >= 4 is 23.2 Å². The number of oxazole rings is 1. The number of nitrogens with zero attached hydrogens (tertiary/aromatic N) is 4. The Labute approximate surface area is 131 Å². The maximum atomic E-state index is 5.97. The van der Waals surface area contributed by atoms with Gasteiger partial charge in [0, 0.05) is 29.1 Å². The van der Waals surface area contributed by atoms with Crippen LogP contribution in [0.15, 0.2) is 41.1 Å². The fraction of sp³-hybridized carbons (Fsp3) is 0.214. The zero-order valence-electron chi connectivity index (χ0n) is 11.0. The number of rotatable bonds is 5. The molecule has 0 saturated carbocycles. The molecule has 0 amide bonds. The van der Waals surface area contributed by atoms with Gasteiger partial charge >= 0.3 is 0 Å². The van der Waals surface area contributed by atoms with Gasteiger partial charge in [-0.05, 0) is 12.1 Å². The van der Waals surface area contributed by atoms with Crippen LogP contribution in [0.4, 0.5) is 0 Å². The highest BCUT2D eigenvalue weighted by Gasteiger charge is 2.09. The van der Waals surface area contributed by atoms with Gasteiger partial charge in [0.25, 0.3) is 0 Å². The highest BCUT2D eigenvalue weighted by molar-refractivity contribution is 6.30. The van der Waals surface area contributed by atoms with Crippen molar-refractivity contribution < 1.29 is 4.42 Å². The maximum Gasteiger partial charge on any atom is 0.216 e. The van der Waals surface area contributed by atoms with Crippen molar-refractivity contribution in [3.63, 3.8) is 0 Å². The molecule has 0 fully saturated rings. The predicted molar refractivity (Wildman–Crippen MR) is 80.5 cm³/mol. The lowest BCUT2D eigenvalue weighted by molar-refractivity contribution is 0.469. The summed E-state index contributed by atoms with van der Waals surface area (Å²) in [7, 11) is 0. The van der Waals surface area contributed by atoms with Crippen LogP contribution in [-0.2, 0) is 13.0 Å². The minimum atomic E-state index is 0.426. The molecule has 21 heavy (non-hydrogen) atoms. The third-order valence-corrected chi connectivity index (χ3v) is 3.32. The van der Waals surface area contributed by atoms with Crippen LogP contribution >= 0.6 is 23.2 Å². The van der Waals surface area contributed by atoms with Crippen LogP contribution in [0.1, 0.15) is 11.6 Å². The van der Waals surface area contributed by atoms with Crippen LogP contribution in [0.25, 0.3) is 11.3 Å². The summed E-state index contributed by atoms with van der Waals surface area (Å²) in [5, 5.41) is 8.69. The van der Waals surface area contributed by atoms with Crippen LogP contribution in [0.5, 0.6) is 0 Å². The van der Waals surface area contributed by atoms with Gasteiger partial charge in [-0.3, -0.25) is 0 Å². The van der Waals surface area contributed by atoms with E-state index in [9.17, 15) is 0 Å². The first kappa shape index (κ1) is 14.1. The Morgan fingerprint density at radius 3 is 3.00 bits per heavy atom. The van der Waals surface area contributed by atoms with E-state index in [2.05, 4.69) is 15.3 Å². The normalized spacial score (nSPS) is 11.0. The molecule has 0 bridgehead atoms. The second-order valence-corrected chi connectivity index (χ2v) is 5.29. The quantitative estimate of drug-likeness (QED) is 0.675. The first-order chi connectivity index (χ1) is 10.2. The van der Waals surface area contributed by atoms with E-state index in [4.69, 9.17) is 27.6 Å². The molecule has 0 aliphatic heterocycles. The first-order valence-electron chi connectivity index (χ1n) is 6.40. The number of alkyl halides is 1. The molecule has 3 rings (SSSR count). The molecule has 0 unspecified atom stereocenters. The highest BCUT2D eigenvalue weighted by Crippen LogP contribution is 2.23. The molecule has 5 nitrogen and oxygen atoms in total. The topological polar surface area (TPSA) is 56.7 Å². The summed E-state index contributed by atoms with van der Waals surface area (Å²) in [6, 6.07) is 7.44. The summed E-state index contributed by atoms with van der Waals surface area (Å²) in [6.07, 6.45) is 4.21. The van der Waals surface area contributed by atoms with Gasteiger partial charge in [-0.2, -0.15) is 0 Å². The molecule has 0 aliphatic rings. The molecule has 0 saturated heterocycles. The zero-order chi connectivity index (χ0) is 14.7. The van der Waals surface area contributed by atoms with E-state index in [0.29, 0.717) is 35.5 Å². The lowest BCUT2D eigenvalue weighted by Crippen LogP contribution is -2.00. The minimum absolute atomic E-state index is 0.426. The van der Waals surface area contributed by atoms with Crippen molar-refractivity contribution in [1.82, 2.24) is 20.0 Å².